The first kappa shape index (κ1) is 21.6. The summed E-state index contributed by atoms with van der Waals surface area (Å²) in [5.74, 6) is -0.858. The summed E-state index contributed by atoms with van der Waals surface area (Å²) in [5.41, 5.74) is 4.43. The van der Waals surface area contributed by atoms with Crippen LogP contribution in [-0.2, 0) is 9.53 Å². The van der Waals surface area contributed by atoms with E-state index in [2.05, 4.69) is 4.74 Å². The van der Waals surface area contributed by atoms with Gasteiger partial charge in [0.25, 0.3) is 0 Å². The lowest BCUT2D eigenvalue weighted by atomic mass is 10.0. The molecule has 0 heterocycles. The topological polar surface area (TPSA) is 81.8 Å². The van der Waals surface area contributed by atoms with E-state index in [9.17, 15) is 14.9 Å². The van der Waals surface area contributed by atoms with Crippen LogP contribution in [0.3, 0.4) is 0 Å². The number of ether oxygens (including phenoxy) is 1. The second-order valence-electron chi connectivity index (χ2n) is 6.75. The average molecular weight is 414 g/mol. The molecule has 0 aliphatic rings. The van der Waals surface area contributed by atoms with Gasteiger partial charge in [-0.2, -0.15) is 0 Å². The fraction of sp³-hybridized carbons (Fsp3) is 0.120. The zero-order valence-electron chi connectivity index (χ0n) is 17.0. The summed E-state index contributed by atoms with van der Waals surface area (Å²) in [6.45, 7) is 0. The lowest BCUT2D eigenvalue weighted by Gasteiger charge is -2.08. The Morgan fingerprint density at radius 2 is 1.61 bits per heavy atom. The van der Waals surface area contributed by atoms with Crippen LogP contribution in [0, 0.1) is 10.1 Å². The lowest BCUT2D eigenvalue weighted by molar-refractivity contribution is -0.509. The highest BCUT2D eigenvalue weighted by molar-refractivity contribution is 6.13. The number of benzene rings is 3. The highest BCUT2D eigenvalue weighted by Crippen LogP contribution is 2.20. The van der Waals surface area contributed by atoms with Crippen molar-refractivity contribution >= 4 is 23.4 Å². The van der Waals surface area contributed by atoms with Crippen molar-refractivity contribution in [2.24, 2.45) is 4.99 Å². The average Bonchev–Trinajstić information content (AvgIpc) is 2.81. The van der Waals surface area contributed by atoms with Gasteiger partial charge in [-0.1, -0.05) is 84.9 Å². The molecule has 3 aromatic carbocycles. The highest BCUT2D eigenvalue weighted by Gasteiger charge is 2.28. The van der Waals surface area contributed by atoms with Crippen LogP contribution in [0.5, 0.6) is 0 Å². The van der Waals surface area contributed by atoms with Crippen molar-refractivity contribution in [3.63, 3.8) is 0 Å². The van der Waals surface area contributed by atoms with E-state index in [-0.39, 0.29) is 6.42 Å². The van der Waals surface area contributed by atoms with Gasteiger partial charge in [-0.05, 0) is 17.7 Å². The summed E-state index contributed by atoms with van der Waals surface area (Å²) >= 11 is 0. The molecule has 3 rings (SSSR count). The Morgan fingerprint density at radius 3 is 2.16 bits per heavy atom. The van der Waals surface area contributed by atoms with E-state index in [1.807, 2.05) is 84.9 Å². The SMILES string of the molecule is COC(=O)C(C/C=C/c1cccc(N=C(c2ccccc2)c2ccccc2)c1)[N+](=O)[O-]. The van der Waals surface area contributed by atoms with E-state index in [4.69, 9.17) is 4.99 Å². The molecule has 156 valence electrons. The zero-order valence-corrected chi connectivity index (χ0v) is 17.0. The molecule has 0 bridgehead atoms. The van der Waals surface area contributed by atoms with E-state index >= 15 is 0 Å². The molecule has 0 aliphatic carbocycles. The van der Waals surface area contributed by atoms with E-state index in [0.717, 1.165) is 35.2 Å². The Balaban J connectivity index is 1.88. The summed E-state index contributed by atoms with van der Waals surface area (Å²) in [6, 6.07) is 26.0. The van der Waals surface area contributed by atoms with Crippen molar-refractivity contribution in [3.05, 3.63) is 118 Å². The third kappa shape index (κ3) is 5.96. The van der Waals surface area contributed by atoms with E-state index < -0.39 is 16.9 Å². The largest absolute Gasteiger partial charge is 0.464 e. The fourth-order valence-corrected chi connectivity index (χ4v) is 3.05. The van der Waals surface area contributed by atoms with Crippen molar-refractivity contribution in [3.8, 4) is 0 Å². The second kappa shape index (κ2) is 10.6. The third-order valence-electron chi connectivity index (χ3n) is 4.60. The van der Waals surface area contributed by atoms with Crippen LogP contribution >= 0.6 is 0 Å². The molecule has 1 atom stereocenters. The minimum absolute atomic E-state index is 0.0492. The van der Waals surface area contributed by atoms with Crippen LogP contribution in [0.1, 0.15) is 23.1 Å². The molecule has 3 aromatic rings. The van der Waals surface area contributed by atoms with E-state index in [0.29, 0.717) is 0 Å². The molecule has 0 radical (unpaired) electrons. The second-order valence-corrected chi connectivity index (χ2v) is 6.75. The number of aliphatic imine (C=N–C) groups is 1. The van der Waals surface area contributed by atoms with Crippen LogP contribution in [0.4, 0.5) is 5.69 Å². The lowest BCUT2D eigenvalue weighted by Crippen LogP contribution is -2.29. The van der Waals surface area contributed by atoms with Crippen LogP contribution in [-0.4, -0.2) is 29.8 Å². The molecule has 0 saturated carbocycles. The predicted molar refractivity (Wildman–Crippen MR) is 121 cm³/mol. The molecule has 6 heteroatoms. The number of carbonyl (C=O) groups excluding carboxylic acids is 1. The Bertz CT molecular complexity index is 1050. The first-order chi connectivity index (χ1) is 15.1. The summed E-state index contributed by atoms with van der Waals surface area (Å²) < 4.78 is 4.49. The number of carbonyl (C=O) groups is 1. The van der Waals surface area contributed by atoms with Gasteiger partial charge in [-0.3, -0.25) is 10.1 Å². The smallest absolute Gasteiger partial charge is 0.381 e. The predicted octanol–water partition coefficient (Wildman–Crippen LogP) is 5.08. The van der Waals surface area contributed by atoms with E-state index in [1.165, 1.54) is 0 Å². The van der Waals surface area contributed by atoms with Crippen LogP contribution in [0.25, 0.3) is 6.08 Å². The van der Waals surface area contributed by atoms with Crippen molar-refractivity contribution in [2.45, 2.75) is 12.5 Å². The Labute approximate surface area is 180 Å². The molecule has 0 saturated heterocycles. The summed E-state index contributed by atoms with van der Waals surface area (Å²) in [5, 5.41) is 11.0. The summed E-state index contributed by atoms with van der Waals surface area (Å²) in [7, 11) is 1.14. The molecule has 1 unspecified atom stereocenters. The normalized spacial score (nSPS) is 11.6. The van der Waals surface area contributed by atoms with Crippen molar-refractivity contribution in [2.75, 3.05) is 7.11 Å². The van der Waals surface area contributed by atoms with Gasteiger partial charge in [0.15, 0.2) is 0 Å². The molecular formula is C25H22N2O4. The third-order valence-corrected chi connectivity index (χ3v) is 4.60. The molecule has 0 amide bonds. The minimum Gasteiger partial charge on any atom is -0.464 e. The van der Waals surface area contributed by atoms with Gasteiger partial charge in [0.1, 0.15) is 0 Å². The van der Waals surface area contributed by atoms with Gasteiger partial charge in [0.2, 0.25) is 0 Å². The Hall–Kier alpha value is -4.06. The van der Waals surface area contributed by atoms with Gasteiger partial charge < -0.3 is 4.74 Å². The molecule has 31 heavy (non-hydrogen) atoms. The number of nitro groups is 1. The first-order valence-corrected chi connectivity index (χ1v) is 9.76. The van der Waals surface area contributed by atoms with Crippen LogP contribution in [0.15, 0.2) is 96.0 Å². The van der Waals surface area contributed by atoms with Crippen molar-refractivity contribution < 1.29 is 14.5 Å². The highest BCUT2D eigenvalue weighted by atomic mass is 16.6. The minimum atomic E-state index is -1.41. The monoisotopic (exact) mass is 414 g/mol. The zero-order chi connectivity index (χ0) is 22.1. The first-order valence-electron chi connectivity index (χ1n) is 9.76. The number of methoxy groups -OCH3 is 1. The maximum absolute atomic E-state index is 11.5. The van der Waals surface area contributed by atoms with Crippen molar-refractivity contribution in [1.82, 2.24) is 0 Å². The number of esters is 1. The molecule has 0 fully saturated rings. The standard InChI is InChI=1S/C25H22N2O4/c1-31-25(28)23(27(29)30)17-9-11-19-10-8-16-22(18-19)26-24(20-12-4-2-5-13-20)21-14-6-3-7-15-21/h2-16,18,23H,17H2,1H3/b11-9+. The summed E-state index contributed by atoms with van der Waals surface area (Å²) in [6.07, 6.45) is 3.29. The van der Waals surface area contributed by atoms with Gasteiger partial charge >= 0.3 is 12.0 Å². The Kier molecular flexibility index (Phi) is 7.43. The van der Waals surface area contributed by atoms with Gasteiger partial charge in [0.05, 0.1) is 18.5 Å². The number of nitrogens with zero attached hydrogens (tertiary/aromatic N) is 2. The van der Waals surface area contributed by atoms with Crippen molar-refractivity contribution in [1.29, 1.82) is 0 Å². The van der Waals surface area contributed by atoms with E-state index in [1.54, 1.807) is 12.2 Å². The molecule has 0 aliphatic heterocycles. The maximum atomic E-state index is 11.5. The van der Waals surface area contributed by atoms with Gasteiger partial charge in [-0.25, -0.2) is 9.79 Å². The molecule has 0 spiro atoms. The number of rotatable bonds is 8. The fourth-order valence-electron chi connectivity index (χ4n) is 3.05. The number of hydrogen-bond donors (Lipinski definition) is 0. The number of hydrogen-bond acceptors (Lipinski definition) is 5. The van der Waals surface area contributed by atoms with Gasteiger partial charge in [0, 0.05) is 22.5 Å². The Morgan fingerprint density at radius 1 is 1.00 bits per heavy atom. The van der Waals surface area contributed by atoms with Crippen LogP contribution < -0.4 is 0 Å². The molecule has 6 nitrogen and oxygen atoms in total. The van der Waals surface area contributed by atoms with Crippen LogP contribution in [0.2, 0.25) is 0 Å². The van der Waals surface area contributed by atoms with Gasteiger partial charge in [-0.15, -0.1) is 0 Å². The molecule has 0 aromatic heterocycles. The quantitative estimate of drug-likeness (QED) is 0.223. The molecule has 0 N–H and O–H groups in total. The maximum Gasteiger partial charge on any atom is 0.381 e. The summed E-state index contributed by atoms with van der Waals surface area (Å²) in [4.78, 5) is 26.8. The molecular weight excluding hydrogens is 392 g/mol.